The third-order valence-electron chi connectivity index (χ3n) is 5.80. The van der Waals surface area contributed by atoms with Crippen molar-refractivity contribution in [3.63, 3.8) is 0 Å². The van der Waals surface area contributed by atoms with Crippen LogP contribution in [-0.2, 0) is 28.4 Å². The zero-order valence-corrected chi connectivity index (χ0v) is 23.3. The van der Waals surface area contributed by atoms with E-state index in [2.05, 4.69) is 4.99 Å². The Hall–Kier alpha value is -3.13. The van der Waals surface area contributed by atoms with E-state index in [0.717, 1.165) is 0 Å². The molecule has 0 saturated heterocycles. The highest BCUT2D eigenvalue weighted by molar-refractivity contribution is 5.86. The summed E-state index contributed by atoms with van der Waals surface area (Å²) < 4.78 is 56.5. The number of aromatic hydroxyl groups is 1. The number of rotatable bonds is 2. The fraction of sp³-hybridized carbons (Fsp3) is 0.552. The Morgan fingerprint density at radius 3 is 1.34 bits per heavy atom. The van der Waals surface area contributed by atoms with E-state index < -0.39 is 0 Å². The van der Waals surface area contributed by atoms with Crippen molar-refractivity contribution in [1.29, 1.82) is 0 Å². The number of hydrogen-bond acceptors (Lipinski definition) is 12. The monoisotopic (exact) mass is 577 g/mol. The van der Waals surface area contributed by atoms with Crippen LogP contribution in [0, 0.1) is 0 Å². The summed E-state index contributed by atoms with van der Waals surface area (Å²) >= 11 is 0. The molecule has 226 valence electrons. The minimum absolute atomic E-state index is 0.00509. The van der Waals surface area contributed by atoms with Gasteiger partial charge in [0.15, 0.2) is 23.0 Å². The summed E-state index contributed by atoms with van der Waals surface area (Å²) in [5.41, 5.74) is 1.06. The lowest BCUT2D eigenvalue weighted by Crippen LogP contribution is -2.13. The third-order valence-corrected chi connectivity index (χ3v) is 5.80. The SMILES string of the molecule is Oc1cc2c(cc1C=Nc1ccc3c(c1)OCCOCCOCCOCCO3)OCCOCCOCCOCCO2. The number of hydrogen-bond donors (Lipinski definition) is 1. The molecule has 41 heavy (non-hydrogen) atoms. The summed E-state index contributed by atoms with van der Waals surface area (Å²) in [5, 5.41) is 10.7. The molecule has 0 aliphatic carbocycles. The van der Waals surface area contributed by atoms with Crippen molar-refractivity contribution in [1.82, 2.24) is 0 Å². The zero-order chi connectivity index (χ0) is 28.4. The molecule has 2 heterocycles. The summed E-state index contributed by atoms with van der Waals surface area (Å²) in [5.74, 6) is 1.97. The van der Waals surface area contributed by atoms with Crippen LogP contribution in [-0.4, -0.2) is 117 Å². The van der Waals surface area contributed by atoms with Gasteiger partial charge >= 0.3 is 0 Å². The summed E-state index contributed by atoms with van der Waals surface area (Å²) in [7, 11) is 0. The van der Waals surface area contributed by atoms with Crippen LogP contribution in [0.3, 0.4) is 0 Å². The highest BCUT2D eigenvalue weighted by atomic mass is 16.6. The number of phenolic OH excluding ortho intramolecular Hbond substituents is 1. The fourth-order valence-electron chi connectivity index (χ4n) is 3.77. The van der Waals surface area contributed by atoms with Crippen molar-refractivity contribution >= 4 is 11.9 Å². The van der Waals surface area contributed by atoms with Crippen molar-refractivity contribution < 1.29 is 52.5 Å². The number of benzene rings is 2. The molecule has 2 aromatic rings. The molecule has 0 saturated carbocycles. The normalized spacial score (nSPS) is 19.3. The largest absolute Gasteiger partial charge is 0.507 e. The Labute approximate surface area is 240 Å². The van der Waals surface area contributed by atoms with Gasteiger partial charge in [0.05, 0.1) is 85.0 Å². The van der Waals surface area contributed by atoms with E-state index in [0.29, 0.717) is 140 Å². The lowest BCUT2D eigenvalue weighted by atomic mass is 10.2. The first-order valence-electron chi connectivity index (χ1n) is 13.8. The fourth-order valence-corrected chi connectivity index (χ4v) is 3.77. The Bertz CT molecular complexity index is 1070. The molecule has 0 fully saturated rings. The molecule has 0 aromatic heterocycles. The topological polar surface area (TPSA) is 125 Å². The molecular weight excluding hydrogens is 538 g/mol. The summed E-state index contributed by atoms with van der Waals surface area (Å²) in [6.45, 7) is 6.77. The third kappa shape index (κ3) is 11.3. The van der Waals surface area contributed by atoms with Gasteiger partial charge in [-0.3, -0.25) is 4.99 Å². The second-order valence-corrected chi connectivity index (χ2v) is 8.82. The number of phenols is 1. The molecule has 0 unspecified atom stereocenters. The molecule has 4 rings (SSSR count). The maximum absolute atomic E-state index is 10.7. The van der Waals surface area contributed by atoms with Crippen LogP contribution in [0.15, 0.2) is 35.3 Å². The van der Waals surface area contributed by atoms with Crippen LogP contribution in [0.4, 0.5) is 5.69 Å². The smallest absolute Gasteiger partial charge is 0.165 e. The van der Waals surface area contributed by atoms with Gasteiger partial charge < -0.3 is 52.5 Å². The van der Waals surface area contributed by atoms with E-state index in [4.69, 9.17) is 47.4 Å². The van der Waals surface area contributed by atoms with E-state index in [-0.39, 0.29) is 5.75 Å². The molecular formula is C29H39NO11. The molecule has 0 radical (unpaired) electrons. The van der Waals surface area contributed by atoms with Crippen LogP contribution >= 0.6 is 0 Å². The highest BCUT2D eigenvalue weighted by Gasteiger charge is 2.13. The molecule has 0 atom stereocenters. The second kappa shape index (κ2) is 18.3. The number of aliphatic imine (C=N–C) groups is 1. The van der Waals surface area contributed by atoms with Crippen molar-refractivity contribution in [3.8, 4) is 28.7 Å². The van der Waals surface area contributed by atoms with E-state index in [1.807, 2.05) is 0 Å². The number of nitrogens with zero attached hydrogens (tertiary/aromatic N) is 1. The summed E-state index contributed by atoms with van der Waals surface area (Å²) in [6.07, 6.45) is 1.55. The van der Waals surface area contributed by atoms with Gasteiger partial charge in [-0.15, -0.1) is 0 Å². The van der Waals surface area contributed by atoms with Crippen LogP contribution in [0.1, 0.15) is 5.56 Å². The van der Waals surface area contributed by atoms with Crippen molar-refractivity contribution in [2.24, 2.45) is 4.99 Å². The molecule has 2 aromatic carbocycles. The highest BCUT2D eigenvalue weighted by Crippen LogP contribution is 2.35. The number of fused-ring (bicyclic) bond motifs is 2. The molecule has 1 N–H and O–H groups in total. The zero-order valence-electron chi connectivity index (χ0n) is 23.3. The van der Waals surface area contributed by atoms with Gasteiger partial charge in [-0.25, -0.2) is 0 Å². The standard InChI is InChI=1S/C29H39NO11/c31-25-21-29-27(39-16-12-35-8-4-33-6-10-37-14-18-41-29)19-23(25)22-30-24-1-2-26-28(20-24)40-17-13-36-9-5-32-3-7-34-11-15-38-26/h1-2,19-22,31H,3-18H2. The molecule has 12 heteroatoms. The molecule has 12 nitrogen and oxygen atoms in total. The minimum Gasteiger partial charge on any atom is -0.507 e. The van der Waals surface area contributed by atoms with Crippen LogP contribution in [0.25, 0.3) is 0 Å². The van der Waals surface area contributed by atoms with Gasteiger partial charge in [0.2, 0.25) is 0 Å². The van der Waals surface area contributed by atoms with Gasteiger partial charge in [-0.1, -0.05) is 0 Å². The maximum atomic E-state index is 10.7. The van der Waals surface area contributed by atoms with E-state index in [1.165, 1.54) is 6.07 Å². The Morgan fingerprint density at radius 2 is 0.854 bits per heavy atom. The molecule has 2 aliphatic heterocycles. The molecule has 2 aliphatic rings. The average Bonchev–Trinajstić information content (AvgIpc) is 2.99. The van der Waals surface area contributed by atoms with Crippen molar-refractivity contribution in [2.45, 2.75) is 0 Å². The first-order valence-corrected chi connectivity index (χ1v) is 13.8. The van der Waals surface area contributed by atoms with Crippen molar-refractivity contribution in [3.05, 3.63) is 35.9 Å². The average molecular weight is 578 g/mol. The minimum atomic E-state index is -0.00509. The predicted octanol–water partition coefficient (Wildman–Crippen LogP) is 2.78. The Morgan fingerprint density at radius 1 is 0.463 bits per heavy atom. The summed E-state index contributed by atoms with van der Waals surface area (Å²) in [4.78, 5) is 4.55. The van der Waals surface area contributed by atoms with Gasteiger partial charge in [0, 0.05) is 23.9 Å². The van der Waals surface area contributed by atoms with Crippen molar-refractivity contribution in [2.75, 3.05) is 106 Å². The molecule has 0 amide bonds. The van der Waals surface area contributed by atoms with E-state index in [1.54, 1.807) is 30.5 Å². The predicted molar refractivity (Wildman–Crippen MR) is 149 cm³/mol. The van der Waals surface area contributed by atoms with Gasteiger partial charge in [-0.2, -0.15) is 0 Å². The lowest BCUT2D eigenvalue weighted by molar-refractivity contribution is 0.00708. The maximum Gasteiger partial charge on any atom is 0.165 e. The quantitative estimate of drug-likeness (QED) is 0.530. The first kappa shape index (κ1) is 30.8. The number of ether oxygens (including phenoxy) is 10. The Balaban J connectivity index is 1.45. The van der Waals surface area contributed by atoms with Crippen LogP contribution < -0.4 is 18.9 Å². The molecule has 0 spiro atoms. The van der Waals surface area contributed by atoms with Crippen LogP contribution in [0.2, 0.25) is 0 Å². The lowest BCUT2D eigenvalue weighted by Gasteiger charge is -2.15. The first-order chi connectivity index (χ1) is 20.3. The molecule has 0 bridgehead atoms. The second-order valence-electron chi connectivity index (χ2n) is 8.82. The van der Waals surface area contributed by atoms with Crippen LogP contribution in [0.5, 0.6) is 28.7 Å². The van der Waals surface area contributed by atoms with Gasteiger partial charge in [-0.05, 0) is 18.2 Å². The van der Waals surface area contributed by atoms with E-state index in [9.17, 15) is 5.11 Å². The van der Waals surface area contributed by atoms with Gasteiger partial charge in [0.25, 0.3) is 0 Å². The van der Waals surface area contributed by atoms with Gasteiger partial charge in [0.1, 0.15) is 32.2 Å². The Kier molecular flexibility index (Phi) is 13.8. The van der Waals surface area contributed by atoms with E-state index >= 15 is 0 Å². The summed E-state index contributed by atoms with van der Waals surface area (Å²) in [6, 6.07) is 8.55.